The summed E-state index contributed by atoms with van der Waals surface area (Å²) in [7, 11) is -3.91. The summed E-state index contributed by atoms with van der Waals surface area (Å²) in [6, 6.07) is 5.75. The first-order valence-electron chi connectivity index (χ1n) is 5.24. The molecule has 0 aliphatic carbocycles. The molecule has 1 unspecified atom stereocenters. The molecule has 0 saturated carbocycles. The molecule has 1 aliphatic heterocycles. The fourth-order valence-corrected chi connectivity index (χ4v) is 3.03. The Balaban J connectivity index is 2.16. The minimum Gasteiger partial charge on any atom is -0.336 e. The summed E-state index contributed by atoms with van der Waals surface area (Å²) in [5.74, 6) is -0.839. The summed E-state index contributed by atoms with van der Waals surface area (Å²) in [6.45, 7) is -0.253. The van der Waals surface area contributed by atoms with Crippen molar-refractivity contribution in [1.29, 1.82) is 0 Å². The Hall–Kier alpha value is -1.61. The summed E-state index contributed by atoms with van der Waals surface area (Å²) >= 11 is 3.23. The van der Waals surface area contributed by atoms with Gasteiger partial charge in [0.05, 0.1) is 0 Å². The molecule has 7 nitrogen and oxygen atoms in total. The molecular formula is C10H10BrN3O4S. The normalized spacial score (nSPS) is 19.5. The van der Waals surface area contributed by atoms with Gasteiger partial charge in [-0.3, -0.25) is 14.8 Å². The van der Waals surface area contributed by atoms with Gasteiger partial charge in [0.15, 0.2) is 5.25 Å². The van der Waals surface area contributed by atoms with Gasteiger partial charge in [0.2, 0.25) is 15.9 Å². The number of rotatable bonds is 3. The maximum atomic E-state index is 12.0. The predicted molar refractivity (Wildman–Crippen MR) is 72.0 cm³/mol. The van der Waals surface area contributed by atoms with Crippen LogP contribution in [0.25, 0.3) is 0 Å². The number of hydrogen-bond acceptors (Lipinski definition) is 4. The summed E-state index contributed by atoms with van der Waals surface area (Å²) in [5, 5.41) is 2.83. The first kappa shape index (κ1) is 13.8. The maximum absolute atomic E-state index is 12.0. The van der Waals surface area contributed by atoms with Crippen molar-refractivity contribution in [2.24, 2.45) is 0 Å². The smallest absolute Gasteiger partial charge is 0.321 e. The molecule has 1 atom stereocenters. The molecule has 0 radical (unpaired) electrons. The van der Waals surface area contributed by atoms with Gasteiger partial charge in [0.1, 0.15) is 0 Å². The highest BCUT2D eigenvalue weighted by Gasteiger charge is 2.37. The minimum atomic E-state index is -3.91. The van der Waals surface area contributed by atoms with Gasteiger partial charge < -0.3 is 5.32 Å². The van der Waals surface area contributed by atoms with E-state index in [1.54, 1.807) is 24.3 Å². The largest absolute Gasteiger partial charge is 0.336 e. The lowest BCUT2D eigenvalue weighted by Gasteiger charge is -2.22. The Labute approximate surface area is 117 Å². The first-order chi connectivity index (χ1) is 8.88. The Bertz CT molecular complexity index is 614. The monoisotopic (exact) mass is 347 g/mol. The number of benzene rings is 1. The van der Waals surface area contributed by atoms with Crippen LogP contribution < -0.4 is 15.4 Å². The van der Waals surface area contributed by atoms with Crippen molar-refractivity contribution < 1.29 is 18.0 Å². The quantitative estimate of drug-likeness (QED) is 0.735. The van der Waals surface area contributed by atoms with Crippen molar-refractivity contribution in [3.63, 3.8) is 0 Å². The van der Waals surface area contributed by atoms with Crippen molar-refractivity contribution in [2.75, 3.05) is 11.3 Å². The molecule has 2 rings (SSSR count). The van der Waals surface area contributed by atoms with Crippen molar-refractivity contribution >= 4 is 43.6 Å². The highest BCUT2D eigenvalue weighted by molar-refractivity contribution is 9.10. The van der Waals surface area contributed by atoms with Crippen molar-refractivity contribution in [3.8, 4) is 0 Å². The molecule has 1 aromatic carbocycles. The molecule has 3 N–H and O–H groups in total. The van der Waals surface area contributed by atoms with E-state index in [9.17, 15) is 18.0 Å². The van der Waals surface area contributed by atoms with E-state index in [0.29, 0.717) is 5.69 Å². The van der Waals surface area contributed by atoms with Crippen LogP contribution in [-0.4, -0.2) is 32.2 Å². The third-order valence-electron chi connectivity index (χ3n) is 2.46. The highest BCUT2D eigenvalue weighted by Crippen LogP contribution is 2.17. The summed E-state index contributed by atoms with van der Waals surface area (Å²) in [5.41, 5.74) is 0.341. The van der Waals surface area contributed by atoms with E-state index < -0.39 is 27.2 Å². The molecule has 0 aromatic heterocycles. The molecule has 0 spiro atoms. The number of amides is 3. The number of imide groups is 1. The van der Waals surface area contributed by atoms with Crippen LogP contribution in [0.15, 0.2) is 28.7 Å². The third kappa shape index (κ3) is 3.24. The van der Waals surface area contributed by atoms with Crippen LogP contribution in [-0.2, 0) is 14.8 Å². The summed E-state index contributed by atoms with van der Waals surface area (Å²) in [6.07, 6.45) is 0. The fourth-order valence-electron chi connectivity index (χ4n) is 1.52. The van der Waals surface area contributed by atoms with Gasteiger partial charge in [0.25, 0.3) is 0 Å². The molecule has 1 aliphatic rings. The summed E-state index contributed by atoms with van der Waals surface area (Å²) in [4.78, 5) is 22.4. The molecule has 102 valence electrons. The van der Waals surface area contributed by atoms with Crippen LogP contribution in [0, 0.1) is 0 Å². The number of carbonyl (C=O) groups is 2. The van der Waals surface area contributed by atoms with E-state index in [4.69, 9.17) is 0 Å². The van der Waals surface area contributed by atoms with Gasteiger partial charge in [-0.05, 0) is 24.3 Å². The molecule has 19 heavy (non-hydrogen) atoms. The molecule has 0 bridgehead atoms. The molecule has 1 saturated heterocycles. The van der Waals surface area contributed by atoms with Gasteiger partial charge in [-0.1, -0.05) is 15.9 Å². The Morgan fingerprint density at radius 3 is 2.42 bits per heavy atom. The standard InChI is InChI=1S/C10H10BrN3O4S/c11-6-1-3-7(4-2-6)14-19(17,18)8-5-12-10(16)13-9(8)15/h1-4,8,14H,5H2,(H2,12,13,15,16). The second-order valence-corrected chi connectivity index (χ2v) is 6.62. The number of hydrogen-bond donors (Lipinski definition) is 3. The van der Waals surface area contributed by atoms with Crippen molar-refractivity contribution in [2.45, 2.75) is 5.25 Å². The zero-order valence-electron chi connectivity index (χ0n) is 9.51. The lowest BCUT2D eigenvalue weighted by molar-refractivity contribution is -0.120. The van der Waals surface area contributed by atoms with Crippen LogP contribution in [0.3, 0.4) is 0 Å². The molecule has 1 aromatic rings. The average Bonchev–Trinajstić information content (AvgIpc) is 2.31. The van der Waals surface area contributed by atoms with E-state index in [-0.39, 0.29) is 6.54 Å². The van der Waals surface area contributed by atoms with Gasteiger partial charge in [0, 0.05) is 16.7 Å². The Morgan fingerprint density at radius 1 is 1.21 bits per heavy atom. The second kappa shape index (κ2) is 5.17. The fraction of sp³-hybridized carbons (Fsp3) is 0.200. The number of halogens is 1. The molecule has 1 heterocycles. The topological polar surface area (TPSA) is 104 Å². The number of nitrogens with one attached hydrogen (secondary N) is 3. The zero-order valence-corrected chi connectivity index (χ0v) is 11.9. The zero-order chi connectivity index (χ0) is 14.0. The second-order valence-electron chi connectivity index (χ2n) is 3.84. The maximum Gasteiger partial charge on any atom is 0.321 e. The predicted octanol–water partition coefficient (Wildman–Crippen LogP) is 0.399. The van der Waals surface area contributed by atoms with Gasteiger partial charge in [-0.15, -0.1) is 0 Å². The van der Waals surface area contributed by atoms with Crippen LogP contribution in [0.2, 0.25) is 0 Å². The van der Waals surface area contributed by atoms with Crippen LogP contribution in [0.5, 0.6) is 0 Å². The lowest BCUT2D eigenvalue weighted by Crippen LogP contribution is -2.58. The van der Waals surface area contributed by atoms with E-state index in [1.807, 2.05) is 5.32 Å². The van der Waals surface area contributed by atoms with Gasteiger partial charge in [-0.25, -0.2) is 13.2 Å². The van der Waals surface area contributed by atoms with E-state index in [1.165, 1.54) is 0 Å². The van der Waals surface area contributed by atoms with Crippen molar-refractivity contribution in [3.05, 3.63) is 28.7 Å². The number of sulfonamides is 1. The number of urea groups is 1. The number of anilines is 1. The lowest BCUT2D eigenvalue weighted by atomic mass is 10.3. The van der Waals surface area contributed by atoms with Gasteiger partial charge >= 0.3 is 6.03 Å². The van der Waals surface area contributed by atoms with Gasteiger partial charge in [-0.2, -0.15) is 0 Å². The molecule has 1 fully saturated rings. The number of carbonyl (C=O) groups excluding carboxylic acids is 2. The molecule has 3 amide bonds. The Kier molecular flexibility index (Phi) is 3.76. The van der Waals surface area contributed by atoms with E-state index in [2.05, 4.69) is 26.0 Å². The molecule has 9 heteroatoms. The SMILES string of the molecule is O=C1NCC(S(=O)(=O)Nc2ccc(Br)cc2)C(=O)N1. The van der Waals surface area contributed by atoms with Crippen LogP contribution in [0.4, 0.5) is 10.5 Å². The summed E-state index contributed by atoms with van der Waals surface area (Å²) < 4.78 is 27.1. The van der Waals surface area contributed by atoms with Crippen molar-refractivity contribution in [1.82, 2.24) is 10.6 Å². The van der Waals surface area contributed by atoms with Crippen LogP contribution in [0.1, 0.15) is 0 Å². The average molecular weight is 348 g/mol. The highest BCUT2D eigenvalue weighted by atomic mass is 79.9. The molecular weight excluding hydrogens is 338 g/mol. The Morgan fingerprint density at radius 2 is 1.84 bits per heavy atom. The minimum absolute atomic E-state index is 0.253. The van der Waals surface area contributed by atoms with Crippen LogP contribution >= 0.6 is 15.9 Å². The van der Waals surface area contributed by atoms with E-state index in [0.717, 1.165) is 4.47 Å². The first-order valence-corrected chi connectivity index (χ1v) is 7.58. The van der Waals surface area contributed by atoms with E-state index >= 15 is 0 Å². The third-order valence-corrected chi connectivity index (χ3v) is 4.63.